The van der Waals surface area contributed by atoms with Crippen molar-refractivity contribution < 1.29 is 14.5 Å². The molecule has 0 atom stereocenters. The van der Waals surface area contributed by atoms with Gasteiger partial charge in [-0.05, 0) is 18.6 Å². The summed E-state index contributed by atoms with van der Waals surface area (Å²) < 4.78 is 4.78. The van der Waals surface area contributed by atoms with Crippen molar-refractivity contribution in [3.8, 4) is 6.07 Å². The predicted molar refractivity (Wildman–Crippen MR) is 66.4 cm³/mol. The second kappa shape index (κ2) is 6.12. The molecule has 0 amide bonds. The lowest BCUT2D eigenvalue weighted by Crippen LogP contribution is -2.07. The fraction of sp³-hybridized carbons (Fsp3) is 0.273. The summed E-state index contributed by atoms with van der Waals surface area (Å²) in [5, 5.41) is 20.0. The number of nitrogens with zero attached hydrogens (tertiary/aromatic N) is 2. The van der Waals surface area contributed by atoms with Crippen LogP contribution in [0.15, 0.2) is 12.1 Å². The van der Waals surface area contributed by atoms with Crippen molar-refractivity contribution in [2.24, 2.45) is 0 Å². The Morgan fingerprint density at radius 1 is 1.61 bits per heavy atom. The number of alkyl halides is 1. The zero-order chi connectivity index (χ0) is 13.7. The van der Waals surface area contributed by atoms with Gasteiger partial charge in [0, 0.05) is 11.4 Å². The van der Waals surface area contributed by atoms with E-state index < -0.39 is 16.6 Å². The minimum atomic E-state index is -0.687. The molecule has 1 aromatic carbocycles. The van der Waals surface area contributed by atoms with Gasteiger partial charge >= 0.3 is 5.97 Å². The molecule has 1 aromatic rings. The van der Waals surface area contributed by atoms with Gasteiger partial charge in [0.05, 0.1) is 17.1 Å². The average Bonchev–Trinajstić information content (AvgIpc) is 2.37. The quantitative estimate of drug-likeness (QED) is 0.368. The number of nitriles is 1. The van der Waals surface area contributed by atoms with Crippen molar-refractivity contribution >= 4 is 27.6 Å². The van der Waals surface area contributed by atoms with Crippen LogP contribution in [0.25, 0.3) is 0 Å². The Morgan fingerprint density at radius 3 is 2.72 bits per heavy atom. The lowest BCUT2D eigenvalue weighted by Gasteiger charge is -2.06. The summed E-state index contributed by atoms with van der Waals surface area (Å²) in [5.41, 5.74) is 0.00850. The SMILES string of the molecule is CCOC(=O)c1cc(CBr)c(C#N)c([N+](=O)[O-])c1. The summed E-state index contributed by atoms with van der Waals surface area (Å²) >= 11 is 3.13. The van der Waals surface area contributed by atoms with E-state index in [0.717, 1.165) is 6.07 Å². The number of benzene rings is 1. The average molecular weight is 313 g/mol. The molecule has 0 aliphatic heterocycles. The third-order valence-corrected chi connectivity index (χ3v) is 2.77. The fourth-order valence-corrected chi connectivity index (χ4v) is 1.84. The van der Waals surface area contributed by atoms with Crippen LogP contribution in [0.4, 0.5) is 5.69 Å². The maximum atomic E-state index is 11.5. The molecular weight excluding hydrogens is 304 g/mol. The van der Waals surface area contributed by atoms with E-state index in [4.69, 9.17) is 10.00 Å². The number of nitro benzene ring substituents is 1. The Hall–Kier alpha value is -1.94. The van der Waals surface area contributed by atoms with E-state index in [9.17, 15) is 14.9 Å². The number of ether oxygens (including phenoxy) is 1. The monoisotopic (exact) mass is 312 g/mol. The topological polar surface area (TPSA) is 93.2 Å². The molecule has 0 aliphatic carbocycles. The summed E-state index contributed by atoms with van der Waals surface area (Å²) in [7, 11) is 0. The summed E-state index contributed by atoms with van der Waals surface area (Å²) in [6.07, 6.45) is 0. The maximum Gasteiger partial charge on any atom is 0.338 e. The highest BCUT2D eigenvalue weighted by molar-refractivity contribution is 9.08. The first-order valence-corrected chi connectivity index (χ1v) is 6.11. The first-order chi connectivity index (χ1) is 8.54. The summed E-state index contributed by atoms with van der Waals surface area (Å²) in [6, 6.07) is 4.24. The number of carbonyl (C=O) groups is 1. The van der Waals surface area contributed by atoms with Crippen LogP contribution in [-0.4, -0.2) is 17.5 Å². The molecule has 0 saturated heterocycles. The maximum absolute atomic E-state index is 11.5. The van der Waals surface area contributed by atoms with Gasteiger partial charge in [0.1, 0.15) is 11.6 Å². The number of hydrogen-bond donors (Lipinski definition) is 0. The first-order valence-electron chi connectivity index (χ1n) is 4.99. The smallest absolute Gasteiger partial charge is 0.338 e. The molecule has 0 saturated carbocycles. The molecule has 0 fully saturated rings. The van der Waals surface area contributed by atoms with E-state index in [-0.39, 0.29) is 23.1 Å². The molecule has 0 radical (unpaired) electrons. The molecule has 0 N–H and O–H groups in total. The number of rotatable bonds is 4. The minimum absolute atomic E-state index is 0.0510. The zero-order valence-electron chi connectivity index (χ0n) is 9.47. The number of hydrogen-bond acceptors (Lipinski definition) is 5. The highest BCUT2D eigenvalue weighted by atomic mass is 79.9. The molecule has 6 nitrogen and oxygen atoms in total. The number of carbonyl (C=O) groups excluding carboxylic acids is 1. The van der Waals surface area contributed by atoms with Crippen molar-refractivity contribution in [3.05, 3.63) is 38.9 Å². The Kier molecular flexibility index (Phi) is 4.80. The normalized spacial score (nSPS) is 9.61. The molecular formula is C11H9BrN2O4. The van der Waals surface area contributed by atoms with Gasteiger partial charge in [-0.3, -0.25) is 10.1 Å². The molecule has 0 heterocycles. The van der Waals surface area contributed by atoms with Gasteiger partial charge in [-0.2, -0.15) is 5.26 Å². The van der Waals surface area contributed by atoms with Gasteiger partial charge in [-0.15, -0.1) is 0 Å². The lowest BCUT2D eigenvalue weighted by atomic mass is 10.0. The van der Waals surface area contributed by atoms with Crippen LogP contribution in [-0.2, 0) is 10.1 Å². The second-order valence-corrected chi connectivity index (χ2v) is 3.81. The van der Waals surface area contributed by atoms with Gasteiger partial charge in [-0.1, -0.05) is 15.9 Å². The highest BCUT2D eigenvalue weighted by Crippen LogP contribution is 2.26. The molecule has 0 unspecified atom stereocenters. The van der Waals surface area contributed by atoms with Crippen molar-refractivity contribution in [2.75, 3.05) is 6.61 Å². The second-order valence-electron chi connectivity index (χ2n) is 3.25. The third-order valence-electron chi connectivity index (χ3n) is 2.16. The van der Waals surface area contributed by atoms with Crippen LogP contribution in [0.5, 0.6) is 0 Å². The van der Waals surface area contributed by atoms with Gasteiger partial charge < -0.3 is 4.74 Å². The van der Waals surface area contributed by atoms with E-state index >= 15 is 0 Å². The van der Waals surface area contributed by atoms with E-state index in [1.165, 1.54) is 6.07 Å². The van der Waals surface area contributed by atoms with Gasteiger partial charge in [0.15, 0.2) is 0 Å². The highest BCUT2D eigenvalue weighted by Gasteiger charge is 2.22. The van der Waals surface area contributed by atoms with E-state index in [0.29, 0.717) is 5.56 Å². The van der Waals surface area contributed by atoms with Crippen LogP contribution in [0.3, 0.4) is 0 Å². The van der Waals surface area contributed by atoms with E-state index in [2.05, 4.69) is 15.9 Å². The molecule has 0 bridgehead atoms. The van der Waals surface area contributed by atoms with Crippen molar-refractivity contribution in [3.63, 3.8) is 0 Å². The summed E-state index contributed by atoms with van der Waals surface area (Å²) in [5.74, 6) is -0.646. The van der Waals surface area contributed by atoms with Crippen LogP contribution in [0, 0.1) is 21.4 Å². The van der Waals surface area contributed by atoms with Crippen LogP contribution in [0.2, 0.25) is 0 Å². The number of nitro groups is 1. The van der Waals surface area contributed by atoms with Crippen molar-refractivity contribution in [1.82, 2.24) is 0 Å². The molecule has 94 valence electrons. The minimum Gasteiger partial charge on any atom is -0.462 e. The molecule has 0 aliphatic rings. The van der Waals surface area contributed by atoms with Crippen LogP contribution < -0.4 is 0 Å². The van der Waals surface area contributed by atoms with Gasteiger partial charge in [-0.25, -0.2) is 4.79 Å². The largest absolute Gasteiger partial charge is 0.462 e. The van der Waals surface area contributed by atoms with Crippen LogP contribution in [0.1, 0.15) is 28.4 Å². The van der Waals surface area contributed by atoms with Gasteiger partial charge in [0.25, 0.3) is 5.69 Å². The number of esters is 1. The molecule has 18 heavy (non-hydrogen) atoms. The van der Waals surface area contributed by atoms with Crippen molar-refractivity contribution in [2.45, 2.75) is 12.3 Å². The predicted octanol–water partition coefficient (Wildman–Crippen LogP) is 2.54. The molecule has 7 heteroatoms. The Morgan fingerprint density at radius 2 is 2.28 bits per heavy atom. The van der Waals surface area contributed by atoms with E-state index in [1.807, 2.05) is 0 Å². The Bertz CT molecular complexity index is 537. The zero-order valence-corrected chi connectivity index (χ0v) is 11.1. The summed E-state index contributed by atoms with van der Waals surface area (Å²) in [4.78, 5) is 21.7. The standard InChI is InChI=1S/C11H9BrN2O4/c1-2-18-11(15)7-3-8(5-12)9(6-13)10(4-7)14(16)17/h3-4H,2,5H2,1H3. The number of halogens is 1. The summed E-state index contributed by atoms with van der Waals surface area (Å²) in [6.45, 7) is 1.82. The Balaban J connectivity index is 3.42. The van der Waals surface area contributed by atoms with Gasteiger partial charge in [0.2, 0.25) is 0 Å². The van der Waals surface area contributed by atoms with E-state index in [1.54, 1.807) is 13.0 Å². The lowest BCUT2D eigenvalue weighted by molar-refractivity contribution is -0.385. The molecule has 0 spiro atoms. The molecule has 0 aromatic heterocycles. The third kappa shape index (κ3) is 2.84. The first kappa shape index (κ1) is 14.1. The molecule has 1 rings (SSSR count). The fourth-order valence-electron chi connectivity index (χ4n) is 1.40. The Labute approximate surface area is 111 Å². The van der Waals surface area contributed by atoms with Crippen molar-refractivity contribution in [1.29, 1.82) is 5.26 Å². The van der Waals surface area contributed by atoms with Crippen LogP contribution >= 0.6 is 15.9 Å².